The third-order valence-electron chi connectivity index (χ3n) is 4.13. The Morgan fingerprint density at radius 2 is 2.04 bits per heavy atom. The highest BCUT2D eigenvalue weighted by atomic mass is 16.5. The maximum absolute atomic E-state index is 12.3. The number of hydrogen-bond donors (Lipinski definition) is 1. The Morgan fingerprint density at radius 1 is 1.17 bits per heavy atom. The van der Waals surface area contributed by atoms with E-state index in [0.29, 0.717) is 26.2 Å². The molecule has 0 spiro atoms. The molecule has 3 rings (SSSR count). The van der Waals surface area contributed by atoms with Crippen LogP contribution in [-0.2, 0) is 22.6 Å². The van der Waals surface area contributed by atoms with Crippen molar-refractivity contribution in [2.75, 3.05) is 19.7 Å². The average Bonchev–Trinajstić information content (AvgIpc) is 3.27. The first kappa shape index (κ1) is 16.7. The Balaban J connectivity index is 1.55. The molecule has 0 aliphatic carbocycles. The third-order valence-corrected chi connectivity index (χ3v) is 4.13. The molecule has 5 heteroatoms. The van der Waals surface area contributed by atoms with Crippen molar-refractivity contribution < 1.29 is 13.9 Å². The molecule has 0 saturated carbocycles. The predicted molar refractivity (Wildman–Crippen MR) is 91.2 cm³/mol. The van der Waals surface area contributed by atoms with Crippen LogP contribution in [-0.4, -0.2) is 36.6 Å². The largest absolute Gasteiger partial charge is 0.468 e. The van der Waals surface area contributed by atoms with Crippen LogP contribution in [0.1, 0.15) is 24.2 Å². The van der Waals surface area contributed by atoms with Crippen LogP contribution in [0.5, 0.6) is 0 Å². The third kappa shape index (κ3) is 5.22. The lowest BCUT2D eigenvalue weighted by Gasteiger charge is -2.21. The van der Waals surface area contributed by atoms with Gasteiger partial charge in [0, 0.05) is 19.7 Å². The van der Waals surface area contributed by atoms with E-state index in [1.165, 1.54) is 5.56 Å². The maximum Gasteiger partial charge on any atom is 0.234 e. The summed E-state index contributed by atoms with van der Waals surface area (Å²) in [5.74, 6) is 0.880. The zero-order valence-electron chi connectivity index (χ0n) is 13.8. The van der Waals surface area contributed by atoms with E-state index in [0.717, 1.165) is 25.2 Å². The van der Waals surface area contributed by atoms with E-state index >= 15 is 0 Å². The summed E-state index contributed by atoms with van der Waals surface area (Å²) in [5.41, 5.74) is 1.18. The summed E-state index contributed by atoms with van der Waals surface area (Å²) in [6.45, 7) is 3.05. The molecule has 0 bridgehead atoms. The van der Waals surface area contributed by atoms with Gasteiger partial charge in [-0.05, 0) is 30.5 Å². The van der Waals surface area contributed by atoms with Gasteiger partial charge in [-0.15, -0.1) is 0 Å². The van der Waals surface area contributed by atoms with E-state index in [9.17, 15) is 4.79 Å². The number of hydrogen-bond acceptors (Lipinski definition) is 4. The molecule has 1 atom stereocenters. The van der Waals surface area contributed by atoms with Gasteiger partial charge in [-0.25, -0.2) is 0 Å². The lowest BCUT2D eigenvalue weighted by Crippen LogP contribution is -2.39. The molecule has 5 nitrogen and oxygen atoms in total. The summed E-state index contributed by atoms with van der Waals surface area (Å²) in [6, 6.07) is 14.0. The number of benzene rings is 1. The monoisotopic (exact) mass is 328 g/mol. The molecule has 1 aliphatic rings. The molecule has 1 fully saturated rings. The van der Waals surface area contributed by atoms with Crippen LogP contribution >= 0.6 is 0 Å². The number of nitrogens with zero attached hydrogens (tertiary/aromatic N) is 1. The van der Waals surface area contributed by atoms with Crippen LogP contribution in [0.15, 0.2) is 53.1 Å². The lowest BCUT2D eigenvalue weighted by molar-refractivity contribution is -0.123. The standard InChI is InChI=1S/C19H24N2O3/c22-19(20-12-17-8-4-10-23-17)15-21(14-18-9-5-11-24-18)13-16-6-2-1-3-7-16/h1-3,5-7,9,11,17H,4,8,10,12-15H2,(H,20,22). The van der Waals surface area contributed by atoms with Crippen molar-refractivity contribution in [2.24, 2.45) is 0 Å². The van der Waals surface area contributed by atoms with E-state index in [2.05, 4.69) is 22.3 Å². The molecule has 128 valence electrons. The SMILES string of the molecule is O=C(CN(Cc1ccccc1)Cc1ccco1)NCC1CCCO1. The van der Waals surface area contributed by atoms with Crippen LogP contribution in [0.2, 0.25) is 0 Å². The fourth-order valence-electron chi connectivity index (χ4n) is 2.92. The Bertz CT molecular complexity index is 607. The number of nitrogens with one attached hydrogen (secondary N) is 1. The molecule has 2 heterocycles. The highest BCUT2D eigenvalue weighted by Crippen LogP contribution is 2.12. The van der Waals surface area contributed by atoms with Gasteiger partial charge in [0.15, 0.2) is 0 Å². The van der Waals surface area contributed by atoms with Gasteiger partial charge in [0.1, 0.15) is 5.76 Å². The van der Waals surface area contributed by atoms with Crippen molar-refractivity contribution >= 4 is 5.91 Å². The van der Waals surface area contributed by atoms with Gasteiger partial charge in [0.05, 0.1) is 25.5 Å². The second-order valence-electron chi connectivity index (χ2n) is 6.15. The van der Waals surface area contributed by atoms with Crippen molar-refractivity contribution in [1.82, 2.24) is 10.2 Å². The first-order valence-electron chi connectivity index (χ1n) is 8.46. The summed E-state index contributed by atoms with van der Waals surface area (Å²) >= 11 is 0. The van der Waals surface area contributed by atoms with Crippen LogP contribution in [0, 0.1) is 0 Å². The molecule has 1 aromatic heterocycles. The number of furan rings is 1. The highest BCUT2D eigenvalue weighted by molar-refractivity contribution is 5.78. The predicted octanol–water partition coefficient (Wildman–Crippen LogP) is 2.58. The fraction of sp³-hybridized carbons (Fsp3) is 0.421. The summed E-state index contributed by atoms with van der Waals surface area (Å²) in [5, 5.41) is 2.98. The van der Waals surface area contributed by atoms with Gasteiger partial charge in [-0.1, -0.05) is 30.3 Å². The molecule has 0 radical (unpaired) electrons. The zero-order valence-corrected chi connectivity index (χ0v) is 13.8. The normalized spacial score (nSPS) is 17.3. The molecular weight excluding hydrogens is 304 g/mol. The zero-order chi connectivity index (χ0) is 16.6. The summed E-state index contributed by atoms with van der Waals surface area (Å²) in [7, 11) is 0. The van der Waals surface area contributed by atoms with E-state index in [1.807, 2.05) is 30.3 Å². The molecule has 1 saturated heterocycles. The van der Waals surface area contributed by atoms with E-state index in [1.54, 1.807) is 6.26 Å². The summed E-state index contributed by atoms with van der Waals surface area (Å²) in [6.07, 6.45) is 3.94. The fourth-order valence-corrected chi connectivity index (χ4v) is 2.92. The molecule has 24 heavy (non-hydrogen) atoms. The van der Waals surface area contributed by atoms with Gasteiger partial charge >= 0.3 is 0 Å². The van der Waals surface area contributed by atoms with Gasteiger partial charge in [-0.3, -0.25) is 9.69 Å². The van der Waals surface area contributed by atoms with E-state index in [-0.39, 0.29) is 12.0 Å². The van der Waals surface area contributed by atoms with E-state index in [4.69, 9.17) is 9.15 Å². The van der Waals surface area contributed by atoms with Crippen LogP contribution < -0.4 is 5.32 Å². The highest BCUT2D eigenvalue weighted by Gasteiger charge is 2.18. The van der Waals surface area contributed by atoms with Crippen molar-refractivity contribution in [3.63, 3.8) is 0 Å². The van der Waals surface area contributed by atoms with Gasteiger partial charge < -0.3 is 14.5 Å². The number of carbonyl (C=O) groups is 1. The Kier molecular flexibility index (Phi) is 6.04. The number of ether oxygens (including phenoxy) is 1. The molecule has 1 aromatic carbocycles. The number of amides is 1. The minimum Gasteiger partial charge on any atom is -0.468 e. The first-order chi connectivity index (χ1) is 11.8. The van der Waals surface area contributed by atoms with Crippen molar-refractivity contribution in [3.8, 4) is 0 Å². The molecule has 2 aromatic rings. The summed E-state index contributed by atoms with van der Waals surface area (Å²) in [4.78, 5) is 14.4. The Labute approximate surface area is 142 Å². The summed E-state index contributed by atoms with van der Waals surface area (Å²) < 4.78 is 11.0. The number of rotatable bonds is 8. The van der Waals surface area contributed by atoms with Gasteiger partial charge in [-0.2, -0.15) is 0 Å². The molecule has 1 unspecified atom stereocenters. The lowest BCUT2D eigenvalue weighted by atomic mass is 10.2. The molecular formula is C19H24N2O3. The van der Waals surface area contributed by atoms with Crippen molar-refractivity contribution in [1.29, 1.82) is 0 Å². The quantitative estimate of drug-likeness (QED) is 0.809. The molecule has 1 aliphatic heterocycles. The maximum atomic E-state index is 12.3. The second kappa shape index (κ2) is 8.66. The average molecular weight is 328 g/mol. The second-order valence-corrected chi connectivity index (χ2v) is 6.15. The Hall–Kier alpha value is -2.11. The number of carbonyl (C=O) groups excluding carboxylic acids is 1. The van der Waals surface area contributed by atoms with Crippen molar-refractivity contribution in [3.05, 3.63) is 60.1 Å². The smallest absolute Gasteiger partial charge is 0.234 e. The van der Waals surface area contributed by atoms with Crippen LogP contribution in [0.3, 0.4) is 0 Å². The minimum absolute atomic E-state index is 0.0213. The molecule has 1 N–H and O–H groups in total. The van der Waals surface area contributed by atoms with Crippen LogP contribution in [0.4, 0.5) is 0 Å². The van der Waals surface area contributed by atoms with E-state index < -0.39 is 0 Å². The van der Waals surface area contributed by atoms with Crippen molar-refractivity contribution in [2.45, 2.75) is 32.0 Å². The van der Waals surface area contributed by atoms with Crippen LogP contribution in [0.25, 0.3) is 0 Å². The topological polar surface area (TPSA) is 54.7 Å². The first-order valence-corrected chi connectivity index (χ1v) is 8.46. The van der Waals surface area contributed by atoms with Gasteiger partial charge in [0.25, 0.3) is 0 Å². The molecule has 1 amide bonds. The van der Waals surface area contributed by atoms with Gasteiger partial charge in [0.2, 0.25) is 5.91 Å². The minimum atomic E-state index is 0.0213. The Morgan fingerprint density at radius 3 is 2.75 bits per heavy atom.